The van der Waals surface area contributed by atoms with Crippen LogP contribution in [0.4, 0.5) is 17.1 Å². The van der Waals surface area contributed by atoms with Crippen molar-refractivity contribution in [2.24, 2.45) is 0 Å². The van der Waals surface area contributed by atoms with Gasteiger partial charge in [-0.1, -0.05) is 133 Å². The van der Waals surface area contributed by atoms with E-state index in [4.69, 9.17) is 9.40 Å². The lowest BCUT2D eigenvalue weighted by Crippen LogP contribution is -2.09. The highest BCUT2D eigenvalue weighted by Gasteiger charge is 2.17. The van der Waals surface area contributed by atoms with Crippen molar-refractivity contribution in [2.45, 2.75) is 0 Å². The fraction of sp³-hybridized carbons (Fsp3) is 0. The number of benzene rings is 8. The van der Waals surface area contributed by atoms with Crippen LogP contribution in [-0.4, -0.2) is 4.98 Å². The summed E-state index contributed by atoms with van der Waals surface area (Å²) in [6, 6.07) is 68.5. The van der Waals surface area contributed by atoms with E-state index in [9.17, 15) is 0 Å². The first-order valence-electron chi connectivity index (χ1n) is 17.8. The van der Waals surface area contributed by atoms with Crippen LogP contribution in [0.1, 0.15) is 0 Å². The van der Waals surface area contributed by atoms with Crippen molar-refractivity contribution in [1.29, 1.82) is 0 Å². The third-order valence-electron chi connectivity index (χ3n) is 9.94. The van der Waals surface area contributed by atoms with E-state index in [0.717, 1.165) is 70.9 Å². The lowest BCUT2D eigenvalue weighted by atomic mass is 10.00. The molecule has 0 fully saturated rings. The molecule has 0 aliphatic rings. The number of fused-ring (bicyclic) bond motifs is 5. The number of rotatable bonds is 7. The normalized spacial score (nSPS) is 11.4. The number of thiazole rings is 1. The Balaban J connectivity index is 0.956. The van der Waals surface area contributed by atoms with Gasteiger partial charge in [-0.2, -0.15) is 0 Å². The standard InChI is InChI=1S/C49H32N2OS/c1-4-10-33(11-5-1)34-16-18-35(19-17-34)36-20-25-41(26-21-36)51(40-14-8-3-9-15-40)42-27-22-37(23-28-42)39-24-29-43-46(32-39)52-45-31-30-44-48(47(43)45)53-49(50-44)38-12-6-2-7-13-38/h1-32H. The number of anilines is 3. The highest BCUT2D eigenvalue weighted by molar-refractivity contribution is 7.22. The lowest BCUT2D eigenvalue weighted by Gasteiger charge is -2.26. The number of nitrogens with zero attached hydrogens (tertiary/aromatic N) is 2. The first-order valence-corrected chi connectivity index (χ1v) is 18.6. The van der Waals surface area contributed by atoms with Gasteiger partial charge in [-0.3, -0.25) is 0 Å². The van der Waals surface area contributed by atoms with Crippen molar-refractivity contribution >= 4 is 60.6 Å². The molecule has 250 valence electrons. The maximum atomic E-state index is 6.45. The fourth-order valence-electron chi connectivity index (χ4n) is 7.25. The van der Waals surface area contributed by atoms with Crippen LogP contribution in [0.3, 0.4) is 0 Å². The van der Waals surface area contributed by atoms with Gasteiger partial charge in [-0.25, -0.2) is 4.98 Å². The van der Waals surface area contributed by atoms with Crippen LogP contribution in [0.5, 0.6) is 0 Å². The Hall–Kier alpha value is -6.75. The zero-order chi connectivity index (χ0) is 35.1. The van der Waals surface area contributed by atoms with Crippen molar-refractivity contribution < 1.29 is 4.42 Å². The van der Waals surface area contributed by atoms with E-state index in [0.29, 0.717) is 0 Å². The van der Waals surface area contributed by atoms with Crippen molar-refractivity contribution in [2.75, 3.05) is 4.90 Å². The molecule has 10 aromatic rings. The molecule has 10 rings (SSSR count). The van der Waals surface area contributed by atoms with Crippen molar-refractivity contribution in [3.05, 3.63) is 194 Å². The van der Waals surface area contributed by atoms with Crippen molar-refractivity contribution in [3.8, 4) is 44.0 Å². The number of para-hydroxylation sites is 1. The van der Waals surface area contributed by atoms with Gasteiger partial charge in [-0.05, 0) is 94.0 Å². The van der Waals surface area contributed by atoms with Gasteiger partial charge in [-0.15, -0.1) is 11.3 Å². The van der Waals surface area contributed by atoms with E-state index in [1.807, 2.05) is 12.1 Å². The molecular weight excluding hydrogens is 665 g/mol. The van der Waals surface area contributed by atoms with Gasteiger partial charge >= 0.3 is 0 Å². The minimum absolute atomic E-state index is 0.879. The van der Waals surface area contributed by atoms with Crippen LogP contribution >= 0.6 is 11.3 Å². The number of aromatic nitrogens is 1. The van der Waals surface area contributed by atoms with Gasteiger partial charge in [0.15, 0.2) is 0 Å². The Morgan fingerprint density at radius 2 is 0.868 bits per heavy atom. The van der Waals surface area contributed by atoms with Crippen LogP contribution in [0.15, 0.2) is 199 Å². The maximum absolute atomic E-state index is 6.45. The van der Waals surface area contributed by atoms with Crippen LogP contribution in [-0.2, 0) is 0 Å². The Bertz CT molecular complexity index is 2840. The summed E-state index contributed by atoms with van der Waals surface area (Å²) in [5, 5.41) is 3.27. The number of hydrogen-bond donors (Lipinski definition) is 0. The van der Waals surface area contributed by atoms with Gasteiger partial charge in [0.25, 0.3) is 0 Å². The molecule has 0 radical (unpaired) electrons. The molecule has 2 aromatic heterocycles. The van der Waals surface area contributed by atoms with E-state index in [1.54, 1.807) is 11.3 Å². The summed E-state index contributed by atoms with van der Waals surface area (Å²) in [5.41, 5.74) is 14.3. The van der Waals surface area contributed by atoms with Crippen LogP contribution in [0.2, 0.25) is 0 Å². The first kappa shape index (κ1) is 31.0. The van der Waals surface area contributed by atoms with Crippen molar-refractivity contribution in [3.63, 3.8) is 0 Å². The first-order chi connectivity index (χ1) is 26.2. The summed E-state index contributed by atoms with van der Waals surface area (Å²) in [7, 11) is 0. The third-order valence-corrected chi connectivity index (χ3v) is 11.1. The molecule has 8 aromatic carbocycles. The molecular formula is C49H32N2OS. The fourth-order valence-corrected chi connectivity index (χ4v) is 8.37. The maximum Gasteiger partial charge on any atom is 0.137 e. The molecule has 4 heteroatoms. The second-order valence-electron chi connectivity index (χ2n) is 13.2. The molecule has 0 N–H and O–H groups in total. The molecule has 0 unspecified atom stereocenters. The summed E-state index contributed by atoms with van der Waals surface area (Å²) in [6.07, 6.45) is 0. The molecule has 0 saturated carbocycles. The SMILES string of the molecule is c1ccc(-c2ccc(-c3ccc(N(c4ccccc4)c4ccc(-c5ccc6c(c5)oc5ccc7nc(-c8ccccc8)sc7c56)cc4)cc3)cc2)cc1. The molecule has 0 aliphatic carbocycles. The topological polar surface area (TPSA) is 29.3 Å². The molecule has 0 bridgehead atoms. The minimum Gasteiger partial charge on any atom is -0.456 e. The Morgan fingerprint density at radius 1 is 0.396 bits per heavy atom. The quantitative estimate of drug-likeness (QED) is 0.166. The van der Waals surface area contributed by atoms with Crippen LogP contribution in [0.25, 0.3) is 76.1 Å². The Morgan fingerprint density at radius 3 is 1.47 bits per heavy atom. The van der Waals surface area contributed by atoms with E-state index in [2.05, 4.69) is 187 Å². The zero-order valence-electron chi connectivity index (χ0n) is 28.7. The second kappa shape index (κ2) is 13.1. The molecule has 0 saturated heterocycles. The highest BCUT2D eigenvalue weighted by Crippen LogP contribution is 2.42. The molecule has 0 spiro atoms. The van der Waals surface area contributed by atoms with Crippen LogP contribution in [0, 0.1) is 0 Å². The Kier molecular flexibility index (Phi) is 7.67. The predicted octanol–water partition coefficient (Wildman–Crippen LogP) is 14.3. The zero-order valence-corrected chi connectivity index (χ0v) is 29.5. The summed E-state index contributed by atoms with van der Waals surface area (Å²) in [4.78, 5) is 7.26. The second-order valence-corrected chi connectivity index (χ2v) is 14.2. The van der Waals surface area contributed by atoms with Gasteiger partial charge in [0.05, 0.1) is 10.2 Å². The smallest absolute Gasteiger partial charge is 0.137 e. The minimum atomic E-state index is 0.879. The van der Waals surface area contributed by atoms with Gasteiger partial charge in [0.1, 0.15) is 16.2 Å². The van der Waals surface area contributed by atoms with Crippen LogP contribution < -0.4 is 4.90 Å². The van der Waals surface area contributed by atoms with E-state index in [1.165, 1.54) is 22.3 Å². The molecule has 0 atom stereocenters. The lowest BCUT2D eigenvalue weighted by molar-refractivity contribution is 0.669. The monoisotopic (exact) mass is 696 g/mol. The van der Waals surface area contributed by atoms with Crippen molar-refractivity contribution in [1.82, 2.24) is 4.98 Å². The summed E-state index contributed by atoms with van der Waals surface area (Å²) >= 11 is 1.72. The largest absolute Gasteiger partial charge is 0.456 e. The average molecular weight is 697 g/mol. The average Bonchev–Trinajstić information content (AvgIpc) is 3.84. The van der Waals surface area contributed by atoms with Gasteiger partial charge < -0.3 is 9.32 Å². The van der Waals surface area contributed by atoms with E-state index < -0.39 is 0 Å². The van der Waals surface area contributed by atoms with Gasteiger partial charge in [0, 0.05) is 33.4 Å². The number of furan rings is 1. The van der Waals surface area contributed by atoms with Gasteiger partial charge in [0.2, 0.25) is 0 Å². The molecule has 53 heavy (non-hydrogen) atoms. The molecule has 0 aliphatic heterocycles. The molecule has 0 amide bonds. The molecule has 2 heterocycles. The highest BCUT2D eigenvalue weighted by atomic mass is 32.1. The van der Waals surface area contributed by atoms with E-state index in [-0.39, 0.29) is 0 Å². The van der Waals surface area contributed by atoms with E-state index >= 15 is 0 Å². The Labute approximate surface area is 311 Å². The molecule has 3 nitrogen and oxygen atoms in total. The third kappa shape index (κ3) is 5.76. The summed E-state index contributed by atoms with van der Waals surface area (Å²) in [6.45, 7) is 0. The summed E-state index contributed by atoms with van der Waals surface area (Å²) < 4.78 is 7.61. The summed E-state index contributed by atoms with van der Waals surface area (Å²) in [5.74, 6) is 0. The predicted molar refractivity (Wildman–Crippen MR) is 223 cm³/mol. The number of hydrogen-bond acceptors (Lipinski definition) is 4.